The molecule has 1 atom stereocenters. The first-order valence-electron chi connectivity index (χ1n) is 8.90. The molecule has 1 N–H and O–H groups in total. The molecule has 0 fully saturated rings. The van der Waals surface area contributed by atoms with Crippen molar-refractivity contribution in [3.63, 3.8) is 0 Å². The Kier molecular flexibility index (Phi) is 4.90. The standard InChI is InChI=1S/C21H15F2N3O3S/c1-10-20(30-11(2)25-10)18(27)16-17(12-5-7-24-8-6-12)26(21(29)19(16)28)15-9-13(22)3-4-14(15)23/h3-9,17,28H,1-2H3. The second-order valence-electron chi connectivity index (χ2n) is 6.69. The normalized spacial score (nSPS) is 16.5. The van der Waals surface area contributed by atoms with Gasteiger partial charge in [0.05, 0.1) is 32.9 Å². The molecule has 1 aliphatic rings. The van der Waals surface area contributed by atoms with E-state index >= 15 is 0 Å². The number of aromatic nitrogens is 2. The molecule has 1 aliphatic heterocycles. The number of halogens is 2. The van der Waals surface area contributed by atoms with Gasteiger partial charge in [0.1, 0.15) is 11.6 Å². The van der Waals surface area contributed by atoms with Gasteiger partial charge in [-0.1, -0.05) is 0 Å². The van der Waals surface area contributed by atoms with Crippen molar-refractivity contribution in [3.8, 4) is 0 Å². The van der Waals surface area contributed by atoms with E-state index in [2.05, 4.69) is 9.97 Å². The zero-order chi connectivity index (χ0) is 21.6. The number of aliphatic hydroxyl groups excluding tert-OH is 1. The number of carbonyl (C=O) groups excluding carboxylic acids is 2. The Hall–Kier alpha value is -3.46. The number of hydrogen-bond acceptors (Lipinski definition) is 6. The maximum absolute atomic E-state index is 14.6. The Morgan fingerprint density at radius 1 is 1.17 bits per heavy atom. The van der Waals surface area contributed by atoms with Crippen molar-refractivity contribution >= 4 is 28.7 Å². The largest absolute Gasteiger partial charge is 0.503 e. The van der Waals surface area contributed by atoms with Crippen LogP contribution in [0.25, 0.3) is 0 Å². The zero-order valence-electron chi connectivity index (χ0n) is 15.9. The van der Waals surface area contributed by atoms with Crippen LogP contribution in [0.15, 0.2) is 54.1 Å². The summed E-state index contributed by atoms with van der Waals surface area (Å²) >= 11 is 1.13. The molecular formula is C21H15F2N3O3S. The van der Waals surface area contributed by atoms with Gasteiger partial charge in [-0.2, -0.15) is 0 Å². The third-order valence-corrected chi connectivity index (χ3v) is 5.82. The number of benzene rings is 1. The lowest BCUT2D eigenvalue weighted by atomic mass is 9.95. The minimum Gasteiger partial charge on any atom is -0.503 e. The van der Waals surface area contributed by atoms with Gasteiger partial charge in [-0.3, -0.25) is 19.5 Å². The van der Waals surface area contributed by atoms with Crippen molar-refractivity contribution < 1.29 is 23.5 Å². The summed E-state index contributed by atoms with van der Waals surface area (Å²) in [5.74, 6) is -4.03. The predicted octanol–water partition coefficient (Wildman–Crippen LogP) is 4.22. The number of anilines is 1. The quantitative estimate of drug-likeness (QED) is 0.631. The smallest absolute Gasteiger partial charge is 0.294 e. The third kappa shape index (κ3) is 3.17. The Morgan fingerprint density at radius 3 is 2.50 bits per heavy atom. The molecule has 152 valence electrons. The average molecular weight is 427 g/mol. The maximum atomic E-state index is 14.6. The summed E-state index contributed by atoms with van der Waals surface area (Å²) in [7, 11) is 0. The molecule has 0 saturated carbocycles. The van der Waals surface area contributed by atoms with E-state index in [1.807, 2.05) is 0 Å². The summed E-state index contributed by atoms with van der Waals surface area (Å²) in [5.41, 5.74) is 0.266. The number of Topliss-reactive ketones (excluding diaryl/α,β-unsaturated/α-hetero) is 1. The number of hydrogen-bond donors (Lipinski definition) is 1. The first kappa shape index (κ1) is 19.8. The zero-order valence-corrected chi connectivity index (χ0v) is 16.7. The molecular weight excluding hydrogens is 412 g/mol. The molecule has 3 heterocycles. The molecule has 3 aromatic rings. The predicted molar refractivity (Wildman–Crippen MR) is 106 cm³/mol. The summed E-state index contributed by atoms with van der Waals surface area (Å²) < 4.78 is 28.4. The van der Waals surface area contributed by atoms with Crippen LogP contribution >= 0.6 is 11.3 Å². The number of pyridine rings is 1. The number of rotatable bonds is 4. The van der Waals surface area contributed by atoms with E-state index in [0.29, 0.717) is 16.3 Å². The number of thiazole rings is 1. The fourth-order valence-electron chi connectivity index (χ4n) is 3.48. The van der Waals surface area contributed by atoms with Crippen LogP contribution in [-0.2, 0) is 4.79 Å². The molecule has 0 aliphatic carbocycles. The second kappa shape index (κ2) is 7.42. The monoisotopic (exact) mass is 427 g/mol. The summed E-state index contributed by atoms with van der Waals surface area (Å²) in [5, 5.41) is 11.3. The molecule has 4 rings (SSSR count). The van der Waals surface area contributed by atoms with Crippen LogP contribution in [0.2, 0.25) is 0 Å². The van der Waals surface area contributed by atoms with Gasteiger partial charge in [0.2, 0.25) is 5.78 Å². The van der Waals surface area contributed by atoms with E-state index < -0.39 is 35.1 Å². The Morgan fingerprint density at radius 2 is 1.87 bits per heavy atom. The molecule has 0 radical (unpaired) electrons. The highest BCUT2D eigenvalue weighted by atomic mass is 32.1. The summed E-state index contributed by atoms with van der Waals surface area (Å²) in [6, 6.07) is 4.58. The van der Waals surface area contributed by atoms with Gasteiger partial charge >= 0.3 is 0 Å². The molecule has 0 spiro atoms. The molecule has 0 bridgehead atoms. The molecule has 30 heavy (non-hydrogen) atoms. The lowest BCUT2D eigenvalue weighted by Gasteiger charge is -2.27. The molecule has 1 unspecified atom stereocenters. The average Bonchev–Trinajstić information content (AvgIpc) is 3.20. The number of nitrogens with zero attached hydrogens (tertiary/aromatic N) is 3. The topological polar surface area (TPSA) is 83.4 Å². The molecule has 6 nitrogen and oxygen atoms in total. The van der Waals surface area contributed by atoms with Gasteiger partial charge in [-0.05, 0) is 43.7 Å². The van der Waals surface area contributed by atoms with Crippen molar-refractivity contribution in [2.45, 2.75) is 19.9 Å². The van der Waals surface area contributed by atoms with Gasteiger partial charge in [0.15, 0.2) is 5.76 Å². The Labute approximate surface area is 174 Å². The van der Waals surface area contributed by atoms with Gasteiger partial charge in [-0.25, -0.2) is 13.8 Å². The van der Waals surface area contributed by atoms with Gasteiger partial charge in [0, 0.05) is 18.5 Å². The van der Waals surface area contributed by atoms with Gasteiger partial charge < -0.3 is 5.11 Å². The van der Waals surface area contributed by atoms with E-state index in [0.717, 1.165) is 34.4 Å². The van der Waals surface area contributed by atoms with Crippen LogP contribution in [0.5, 0.6) is 0 Å². The molecule has 9 heteroatoms. The number of aryl methyl sites for hydroxylation is 2. The van der Waals surface area contributed by atoms with Crippen LogP contribution < -0.4 is 4.90 Å². The summed E-state index contributed by atoms with van der Waals surface area (Å²) in [6.45, 7) is 3.38. The van der Waals surface area contributed by atoms with Crippen molar-refractivity contribution in [1.29, 1.82) is 0 Å². The van der Waals surface area contributed by atoms with E-state index in [1.165, 1.54) is 12.4 Å². The second-order valence-corrected chi connectivity index (χ2v) is 7.90. The van der Waals surface area contributed by atoms with E-state index in [9.17, 15) is 23.5 Å². The highest BCUT2D eigenvalue weighted by Gasteiger charge is 2.46. The fraction of sp³-hybridized carbons (Fsp3) is 0.143. The number of ketones is 1. The molecule has 2 aromatic heterocycles. The van der Waals surface area contributed by atoms with E-state index in [4.69, 9.17) is 0 Å². The van der Waals surface area contributed by atoms with Crippen LogP contribution in [0.4, 0.5) is 14.5 Å². The third-order valence-electron chi connectivity index (χ3n) is 4.75. The highest BCUT2D eigenvalue weighted by molar-refractivity contribution is 7.14. The maximum Gasteiger partial charge on any atom is 0.294 e. The highest BCUT2D eigenvalue weighted by Crippen LogP contribution is 2.43. The van der Waals surface area contributed by atoms with E-state index in [1.54, 1.807) is 26.0 Å². The minimum absolute atomic E-state index is 0.221. The Bertz CT molecular complexity index is 1210. The van der Waals surface area contributed by atoms with Crippen LogP contribution in [0.1, 0.15) is 32.0 Å². The van der Waals surface area contributed by atoms with Crippen LogP contribution in [-0.4, -0.2) is 26.8 Å². The Balaban J connectivity index is 1.92. The lowest BCUT2D eigenvalue weighted by molar-refractivity contribution is -0.117. The molecule has 1 amide bonds. The van der Waals surface area contributed by atoms with Crippen molar-refractivity contribution in [2.75, 3.05) is 4.90 Å². The van der Waals surface area contributed by atoms with Crippen molar-refractivity contribution in [3.05, 3.63) is 86.8 Å². The summed E-state index contributed by atoms with van der Waals surface area (Å²) in [6.07, 6.45) is 2.89. The van der Waals surface area contributed by atoms with Crippen LogP contribution in [0.3, 0.4) is 0 Å². The molecule has 1 aromatic carbocycles. The minimum atomic E-state index is -1.16. The first-order chi connectivity index (χ1) is 14.3. The lowest BCUT2D eigenvalue weighted by Crippen LogP contribution is -2.32. The van der Waals surface area contributed by atoms with Gasteiger partial charge in [0.25, 0.3) is 5.91 Å². The fourth-order valence-corrected chi connectivity index (χ4v) is 4.36. The van der Waals surface area contributed by atoms with Crippen molar-refractivity contribution in [1.82, 2.24) is 9.97 Å². The van der Waals surface area contributed by atoms with Crippen molar-refractivity contribution in [2.24, 2.45) is 0 Å². The number of aliphatic hydroxyl groups is 1. The van der Waals surface area contributed by atoms with E-state index in [-0.39, 0.29) is 16.1 Å². The van der Waals surface area contributed by atoms with Crippen LogP contribution in [0, 0.1) is 25.5 Å². The van der Waals surface area contributed by atoms with Gasteiger partial charge in [-0.15, -0.1) is 11.3 Å². The SMILES string of the molecule is Cc1nc(C)c(C(=O)C2=C(O)C(=O)N(c3cc(F)ccc3F)C2c2ccncc2)s1. The number of amides is 1. The number of carbonyl (C=O) groups is 2. The molecule has 0 saturated heterocycles. The summed E-state index contributed by atoms with van der Waals surface area (Å²) in [4.78, 5) is 35.6. The first-order valence-corrected chi connectivity index (χ1v) is 9.71.